The average molecular weight is 368 g/mol. The largest absolute Gasteiger partial charge is 0.370 e. The number of primary amides is 1. The standard InChI is InChI=1S/C19H29N3O2.ClH/c1-14-5-3-7-17(11-14)22(10-8-18(20)23)19(24)12-15(2)16-6-4-9-21-13-16;/h3,5,7,11,15-16,21H,4,6,8-10,12-13H2,1-2H3,(H2,20,23);1H. The van der Waals surface area contributed by atoms with Gasteiger partial charge >= 0.3 is 0 Å². The molecule has 2 amide bonds. The number of nitrogens with one attached hydrogen (secondary N) is 1. The molecule has 5 nitrogen and oxygen atoms in total. The number of hydrogen-bond donors (Lipinski definition) is 2. The lowest BCUT2D eigenvalue weighted by atomic mass is 9.85. The molecule has 0 aliphatic carbocycles. The van der Waals surface area contributed by atoms with Gasteiger partial charge in [0.1, 0.15) is 0 Å². The smallest absolute Gasteiger partial charge is 0.227 e. The Morgan fingerprint density at radius 2 is 2.16 bits per heavy atom. The fourth-order valence-corrected chi connectivity index (χ4v) is 3.33. The van der Waals surface area contributed by atoms with E-state index in [0.29, 0.717) is 24.8 Å². The topological polar surface area (TPSA) is 75.4 Å². The van der Waals surface area contributed by atoms with Crippen LogP contribution in [0.2, 0.25) is 0 Å². The lowest BCUT2D eigenvalue weighted by Crippen LogP contribution is -2.38. The second kappa shape index (κ2) is 10.4. The molecule has 140 valence electrons. The van der Waals surface area contributed by atoms with E-state index in [0.717, 1.165) is 24.3 Å². The number of halogens is 1. The molecule has 6 heteroatoms. The summed E-state index contributed by atoms with van der Waals surface area (Å²) in [5, 5.41) is 3.41. The number of nitrogens with two attached hydrogens (primary N) is 1. The van der Waals surface area contributed by atoms with Crippen LogP contribution in [0.25, 0.3) is 0 Å². The molecule has 25 heavy (non-hydrogen) atoms. The van der Waals surface area contributed by atoms with E-state index in [1.165, 1.54) is 12.8 Å². The first-order valence-electron chi connectivity index (χ1n) is 8.83. The van der Waals surface area contributed by atoms with Crippen LogP contribution in [-0.4, -0.2) is 31.4 Å². The van der Waals surface area contributed by atoms with Gasteiger partial charge < -0.3 is 16.0 Å². The van der Waals surface area contributed by atoms with Crippen molar-refractivity contribution in [2.45, 2.75) is 39.5 Å². The van der Waals surface area contributed by atoms with E-state index in [1.54, 1.807) is 4.90 Å². The first kappa shape index (κ1) is 21.5. The van der Waals surface area contributed by atoms with Crippen LogP contribution < -0.4 is 16.0 Å². The molecule has 1 heterocycles. The van der Waals surface area contributed by atoms with Gasteiger partial charge in [0.2, 0.25) is 11.8 Å². The van der Waals surface area contributed by atoms with E-state index in [9.17, 15) is 9.59 Å². The number of rotatable bonds is 7. The zero-order valence-electron chi connectivity index (χ0n) is 15.2. The van der Waals surface area contributed by atoms with Gasteiger partial charge in [-0.1, -0.05) is 19.1 Å². The minimum Gasteiger partial charge on any atom is -0.370 e. The highest BCUT2D eigenvalue weighted by molar-refractivity contribution is 5.94. The third-order valence-corrected chi connectivity index (χ3v) is 4.83. The third kappa shape index (κ3) is 6.67. The molecular weight excluding hydrogens is 338 g/mol. The monoisotopic (exact) mass is 367 g/mol. The molecule has 0 radical (unpaired) electrons. The maximum atomic E-state index is 12.9. The minimum atomic E-state index is -0.384. The summed E-state index contributed by atoms with van der Waals surface area (Å²) in [7, 11) is 0. The molecule has 2 rings (SSSR count). The van der Waals surface area contributed by atoms with Crippen LogP contribution in [0.15, 0.2) is 24.3 Å². The predicted octanol–water partition coefficient (Wildman–Crippen LogP) is 2.65. The Morgan fingerprint density at radius 3 is 2.76 bits per heavy atom. The summed E-state index contributed by atoms with van der Waals surface area (Å²) in [6.07, 6.45) is 3.03. The van der Waals surface area contributed by atoms with Crippen LogP contribution in [0.3, 0.4) is 0 Å². The van der Waals surface area contributed by atoms with Gasteiger partial charge in [-0.3, -0.25) is 9.59 Å². The number of anilines is 1. The van der Waals surface area contributed by atoms with E-state index < -0.39 is 0 Å². The Balaban J connectivity index is 0.00000312. The van der Waals surface area contributed by atoms with Crippen molar-refractivity contribution in [1.82, 2.24) is 5.32 Å². The number of aryl methyl sites for hydroxylation is 1. The molecule has 0 saturated carbocycles. The van der Waals surface area contributed by atoms with Gasteiger partial charge in [-0.15, -0.1) is 12.4 Å². The first-order valence-corrected chi connectivity index (χ1v) is 8.83. The highest BCUT2D eigenvalue weighted by Gasteiger charge is 2.25. The number of benzene rings is 1. The van der Waals surface area contributed by atoms with Gasteiger partial charge in [0, 0.05) is 25.1 Å². The minimum absolute atomic E-state index is 0. The Hall–Kier alpha value is -1.59. The zero-order chi connectivity index (χ0) is 17.5. The van der Waals surface area contributed by atoms with E-state index in [1.807, 2.05) is 31.2 Å². The molecule has 2 unspecified atom stereocenters. The van der Waals surface area contributed by atoms with Crippen molar-refractivity contribution in [2.75, 3.05) is 24.5 Å². The number of nitrogens with zero attached hydrogens (tertiary/aromatic N) is 1. The van der Waals surface area contributed by atoms with Crippen molar-refractivity contribution in [2.24, 2.45) is 17.6 Å². The molecule has 2 atom stereocenters. The second-order valence-electron chi connectivity index (χ2n) is 6.89. The molecule has 3 N–H and O–H groups in total. The maximum Gasteiger partial charge on any atom is 0.227 e. The number of hydrogen-bond acceptors (Lipinski definition) is 3. The fourth-order valence-electron chi connectivity index (χ4n) is 3.33. The summed E-state index contributed by atoms with van der Waals surface area (Å²) >= 11 is 0. The highest BCUT2D eigenvalue weighted by atomic mass is 35.5. The quantitative estimate of drug-likeness (QED) is 0.777. The van der Waals surface area contributed by atoms with Gasteiger partial charge in [0.05, 0.1) is 0 Å². The summed E-state index contributed by atoms with van der Waals surface area (Å²) in [5.41, 5.74) is 7.22. The van der Waals surface area contributed by atoms with Gasteiger partial charge in [-0.25, -0.2) is 0 Å². The molecular formula is C19H30ClN3O2. The summed E-state index contributed by atoms with van der Waals surface area (Å²) in [5.74, 6) is 0.550. The van der Waals surface area contributed by atoms with Crippen molar-refractivity contribution in [3.05, 3.63) is 29.8 Å². The van der Waals surface area contributed by atoms with Crippen molar-refractivity contribution in [3.8, 4) is 0 Å². The predicted molar refractivity (Wildman–Crippen MR) is 104 cm³/mol. The lowest BCUT2D eigenvalue weighted by Gasteiger charge is -2.30. The molecule has 0 aromatic heterocycles. The van der Waals surface area contributed by atoms with Crippen LogP contribution in [0, 0.1) is 18.8 Å². The molecule has 1 aromatic rings. The number of carbonyl (C=O) groups excluding carboxylic acids is 2. The summed E-state index contributed by atoms with van der Waals surface area (Å²) in [6.45, 7) is 6.55. The molecule has 0 bridgehead atoms. The van der Waals surface area contributed by atoms with Crippen LogP contribution in [0.4, 0.5) is 5.69 Å². The number of amides is 2. The molecule has 1 aliphatic heterocycles. The van der Waals surface area contributed by atoms with Crippen LogP contribution in [-0.2, 0) is 9.59 Å². The number of piperidine rings is 1. The fraction of sp³-hybridized carbons (Fsp3) is 0.579. The zero-order valence-corrected chi connectivity index (χ0v) is 16.0. The summed E-state index contributed by atoms with van der Waals surface area (Å²) in [6, 6.07) is 7.82. The second-order valence-corrected chi connectivity index (χ2v) is 6.89. The average Bonchev–Trinajstić information content (AvgIpc) is 2.55. The number of carbonyl (C=O) groups is 2. The SMILES string of the molecule is Cc1cccc(N(CCC(N)=O)C(=O)CC(C)C2CCCNC2)c1.Cl. The van der Waals surface area contributed by atoms with Gasteiger partial charge in [-0.05, 0) is 62.4 Å². The Morgan fingerprint density at radius 1 is 1.40 bits per heavy atom. The Labute approximate surface area is 156 Å². The highest BCUT2D eigenvalue weighted by Crippen LogP contribution is 2.25. The van der Waals surface area contributed by atoms with Gasteiger partial charge in [-0.2, -0.15) is 0 Å². The molecule has 1 aliphatic rings. The van der Waals surface area contributed by atoms with Crippen LogP contribution >= 0.6 is 12.4 Å². The van der Waals surface area contributed by atoms with Crippen molar-refractivity contribution in [1.29, 1.82) is 0 Å². The Kier molecular flexibility index (Phi) is 8.93. The third-order valence-electron chi connectivity index (χ3n) is 4.83. The van der Waals surface area contributed by atoms with Gasteiger partial charge in [0.25, 0.3) is 0 Å². The van der Waals surface area contributed by atoms with E-state index in [2.05, 4.69) is 12.2 Å². The molecule has 1 fully saturated rings. The Bertz CT molecular complexity index is 574. The van der Waals surface area contributed by atoms with Crippen molar-refractivity contribution < 1.29 is 9.59 Å². The van der Waals surface area contributed by atoms with Crippen molar-refractivity contribution in [3.63, 3.8) is 0 Å². The van der Waals surface area contributed by atoms with E-state index in [-0.39, 0.29) is 30.6 Å². The van der Waals surface area contributed by atoms with Crippen LogP contribution in [0.5, 0.6) is 0 Å². The summed E-state index contributed by atoms with van der Waals surface area (Å²) < 4.78 is 0. The maximum absolute atomic E-state index is 12.9. The van der Waals surface area contributed by atoms with E-state index in [4.69, 9.17) is 5.73 Å². The molecule has 1 saturated heterocycles. The van der Waals surface area contributed by atoms with E-state index >= 15 is 0 Å². The van der Waals surface area contributed by atoms with Crippen LogP contribution in [0.1, 0.15) is 38.2 Å². The van der Waals surface area contributed by atoms with Crippen molar-refractivity contribution >= 4 is 29.9 Å². The molecule has 0 spiro atoms. The normalized spacial score (nSPS) is 18.1. The summed E-state index contributed by atoms with van der Waals surface area (Å²) in [4.78, 5) is 25.8. The first-order chi connectivity index (χ1) is 11.5. The van der Waals surface area contributed by atoms with Gasteiger partial charge in [0.15, 0.2) is 0 Å². The molecule has 1 aromatic carbocycles. The lowest BCUT2D eigenvalue weighted by molar-refractivity contribution is -0.120.